The molecule has 0 aromatic heterocycles. The largest absolute Gasteiger partial charge is 0.457 e. The van der Waals surface area contributed by atoms with Crippen LogP contribution in [-0.4, -0.2) is 6.79 Å². The van der Waals surface area contributed by atoms with Crippen LogP contribution in [-0.2, 0) is 10.8 Å². The van der Waals surface area contributed by atoms with E-state index in [1.165, 1.54) is 22.3 Å². The van der Waals surface area contributed by atoms with E-state index in [-0.39, 0.29) is 17.6 Å². The van der Waals surface area contributed by atoms with Gasteiger partial charge in [-0.3, -0.25) is 0 Å². The highest BCUT2D eigenvalue weighted by atomic mass is 16.7. The lowest BCUT2D eigenvalue weighted by atomic mass is 9.86. The molecule has 0 saturated heterocycles. The van der Waals surface area contributed by atoms with Crippen LogP contribution in [0, 0.1) is 13.8 Å². The van der Waals surface area contributed by atoms with Gasteiger partial charge in [0.2, 0.25) is 6.79 Å². The SMILES string of the molecule is Cc1ccc(C(C)(C)C)c(OCOc2cc(C)ccc2C(C)(C)C)c1. The van der Waals surface area contributed by atoms with E-state index in [9.17, 15) is 0 Å². The van der Waals surface area contributed by atoms with Crippen LogP contribution in [0.4, 0.5) is 0 Å². The van der Waals surface area contributed by atoms with E-state index in [2.05, 4.69) is 91.8 Å². The van der Waals surface area contributed by atoms with Crippen LogP contribution in [0.25, 0.3) is 0 Å². The van der Waals surface area contributed by atoms with Gasteiger partial charge in [0.05, 0.1) is 0 Å². The highest BCUT2D eigenvalue weighted by Crippen LogP contribution is 2.34. The van der Waals surface area contributed by atoms with Gasteiger partial charge in [-0.05, 0) is 59.1 Å². The molecule has 0 aliphatic rings. The smallest absolute Gasteiger partial charge is 0.230 e. The average molecular weight is 341 g/mol. The fourth-order valence-electron chi connectivity index (χ4n) is 2.89. The van der Waals surface area contributed by atoms with Crippen molar-refractivity contribution in [3.05, 3.63) is 58.7 Å². The summed E-state index contributed by atoms with van der Waals surface area (Å²) in [6.07, 6.45) is 0. The van der Waals surface area contributed by atoms with E-state index in [1.54, 1.807) is 0 Å². The Labute approximate surface area is 153 Å². The van der Waals surface area contributed by atoms with E-state index < -0.39 is 0 Å². The molecular formula is C23H32O2. The van der Waals surface area contributed by atoms with Crippen LogP contribution in [0.1, 0.15) is 63.8 Å². The number of benzene rings is 2. The van der Waals surface area contributed by atoms with E-state index in [0.717, 1.165) is 11.5 Å². The fourth-order valence-corrected chi connectivity index (χ4v) is 2.89. The quantitative estimate of drug-likeness (QED) is 0.607. The lowest BCUT2D eigenvalue weighted by molar-refractivity contribution is 0.115. The summed E-state index contributed by atoms with van der Waals surface area (Å²) in [5, 5.41) is 0. The minimum atomic E-state index is 0.0307. The monoisotopic (exact) mass is 340 g/mol. The van der Waals surface area contributed by atoms with Gasteiger partial charge in [-0.1, -0.05) is 65.8 Å². The Balaban J connectivity index is 2.20. The molecule has 0 unspecified atom stereocenters. The number of rotatable bonds is 4. The molecule has 0 fully saturated rings. The third-order valence-electron chi connectivity index (χ3n) is 4.32. The summed E-state index contributed by atoms with van der Waals surface area (Å²) in [5.74, 6) is 1.80. The van der Waals surface area contributed by atoms with E-state index in [4.69, 9.17) is 9.47 Å². The van der Waals surface area contributed by atoms with Crippen molar-refractivity contribution in [2.24, 2.45) is 0 Å². The summed E-state index contributed by atoms with van der Waals surface area (Å²) in [7, 11) is 0. The van der Waals surface area contributed by atoms with Gasteiger partial charge in [-0.15, -0.1) is 0 Å². The molecule has 0 saturated carbocycles. The second kappa shape index (κ2) is 7.11. The van der Waals surface area contributed by atoms with Gasteiger partial charge >= 0.3 is 0 Å². The number of aryl methyl sites for hydroxylation is 2. The molecule has 0 spiro atoms. The van der Waals surface area contributed by atoms with Gasteiger partial charge in [0, 0.05) is 0 Å². The van der Waals surface area contributed by atoms with E-state index in [1.807, 2.05) is 0 Å². The molecule has 0 bridgehead atoms. The summed E-state index contributed by atoms with van der Waals surface area (Å²) in [6, 6.07) is 12.7. The molecule has 0 heterocycles. The molecule has 0 radical (unpaired) electrons. The third kappa shape index (κ3) is 5.01. The van der Waals surface area contributed by atoms with E-state index >= 15 is 0 Å². The standard InChI is InChI=1S/C23H32O2/c1-16-9-11-18(22(3,4)5)20(13-16)24-15-25-21-14-17(2)10-12-19(21)23(6,7)8/h9-14H,15H2,1-8H3. The second-order valence-electron chi connectivity index (χ2n) is 8.91. The first-order chi connectivity index (χ1) is 11.5. The molecule has 0 amide bonds. The summed E-state index contributed by atoms with van der Waals surface area (Å²) in [4.78, 5) is 0. The Kier molecular flexibility index (Phi) is 5.51. The third-order valence-corrected chi connectivity index (χ3v) is 4.32. The molecule has 0 aliphatic carbocycles. The highest BCUT2D eigenvalue weighted by Gasteiger charge is 2.21. The van der Waals surface area contributed by atoms with Crippen molar-refractivity contribution in [2.45, 2.75) is 66.2 Å². The summed E-state index contributed by atoms with van der Waals surface area (Å²) in [6.45, 7) is 17.6. The van der Waals surface area contributed by atoms with Crippen LogP contribution in [0.3, 0.4) is 0 Å². The summed E-state index contributed by atoms with van der Waals surface area (Å²) in [5.41, 5.74) is 4.83. The van der Waals surface area contributed by atoms with Gasteiger partial charge in [-0.25, -0.2) is 0 Å². The molecule has 0 atom stereocenters. The molecular weight excluding hydrogens is 308 g/mol. The van der Waals surface area contributed by atoms with Crippen molar-refractivity contribution in [1.82, 2.24) is 0 Å². The van der Waals surface area contributed by atoms with Crippen molar-refractivity contribution in [1.29, 1.82) is 0 Å². The lowest BCUT2D eigenvalue weighted by Gasteiger charge is -2.25. The Morgan fingerprint density at radius 2 is 1.00 bits per heavy atom. The van der Waals surface area contributed by atoms with Crippen LogP contribution in [0.2, 0.25) is 0 Å². The first-order valence-corrected chi connectivity index (χ1v) is 8.96. The maximum Gasteiger partial charge on any atom is 0.230 e. The Hall–Kier alpha value is -1.96. The molecule has 136 valence electrons. The zero-order chi connectivity index (χ0) is 18.8. The van der Waals surface area contributed by atoms with Crippen molar-refractivity contribution >= 4 is 0 Å². The molecule has 2 heteroatoms. The van der Waals surface area contributed by atoms with Crippen LogP contribution in [0.15, 0.2) is 36.4 Å². The first kappa shape index (κ1) is 19.4. The van der Waals surface area contributed by atoms with Crippen LogP contribution < -0.4 is 9.47 Å². The fraction of sp³-hybridized carbons (Fsp3) is 0.478. The predicted molar refractivity (Wildman–Crippen MR) is 106 cm³/mol. The molecule has 0 N–H and O–H groups in total. The van der Waals surface area contributed by atoms with Gasteiger partial charge in [0.1, 0.15) is 11.5 Å². The Bertz CT molecular complexity index is 667. The number of hydrogen-bond acceptors (Lipinski definition) is 2. The van der Waals surface area contributed by atoms with Gasteiger partial charge in [-0.2, -0.15) is 0 Å². The molecule has 2 aromatic carbocycles. The van der Waals surface area contributed by atoms with Crippen LogP contribution >= 0.6 is 0 Å². The highest BCUT2D eigenvalue weighted by molar-refractivity contribution is 5.42. The summed E-state index contributed by atoms with van der Waals surface area (Å²) < 4.78 is 12.1. The zero-order valence-electron chi connectivity index (χ0n) is 17.0. The second-order valence-corrected chi connectivity index (χ2v) is 8.91. The molecule has 0 aliphatic heterocycles. The van der Waals surface area contributed by atoms with Crippen molar-refractivity contribution in [3.8, 4) is 11.5 Å². The molecule has 2 aromatic rings. The first-order valence-electron chi connectivity index (χ1n) is 8.96. The lowest BCUT2D eigenvalue weighted by Crippen LogP contribution is -2.17. The minimum absolute atomic E-state index is 0.0307. The predicted octanol–water partition coefficient (Wildman–Crippen LogP) is 6.31. The molecule has 25 heavy (non-hydrogen) atoms. The van der Waals surface area contributed by atoms with Gasteiger partial charge < -0.3 is 9.47 Å². The minimum Gasteiger partial charge on any atom is -0.457 e. The Morgan fingerprint density at radius 1 is 0.640 bits per heavy atom. The van der Waals surface area contributed by atoms with Crippen molar-refractivity contribution < 1.29 is 9.47 Å². The molecule has 2 nitrogen and oxygen atoms in total. The van der Waals surface area contributed by atoms with Crippen molar-refractivity contribution in [2.75, 3.05) is 6.79 Å². The summed E-state index contributed by atoms with van der Waals surface area (Å²) >= 11 is 0. The van der Waals surface area contributed by atoms with Gasteiger partial charge in [0.15, 0.2) is 0 Å². The zero-order valence-corrected chi connectivity index (χ0v) is 17.0. The average Bonchev–Trinajstić information content (AvgIpc) is 2.44. The number of hydrogen-bond donors (Lipinski definition) is 0. The number of ether oxygens (including phenoxy) is 2. The molecule has 2 rings (SSSR count). The Morgan fingerprint density at radius 3 is 1.32 bits per heavy atom. The maximum atomic E-state index is 6.03. The topological polar surface area (TPSA) is 18.5 Å². The van der Waals surface area contributed by atoms with Crippen molar-refractivity contribution in [3.63, 3.8) is 0 Å². The van der Waals surface area contributed by atoms with E-state index in [0.29, 0.717) is 0 Å². The normalized spacial score (nSPS) is 12.2. The van der Waals surface area contributed by atoms with Crippen LogP contribution in [0.5, 0.6) is 11.5 Å². The van der Waals surface area contributed by atoms with Gasteiger partial charge in [0.25, 0.3) is 0 Å². The maximum absolute atomic E-state index is 6.03.